The largest absolute Gasteiger partial charge is 0.376 e. The van der Waals surface area contributed by atoms with Crippen LogP contribution in [0.4, 0.5) is 20.2 Å². The van der Waals surface area contributed by atoms with E-state index in [1.54, 1.807) is 18.2 Å². The smallest absolute Gasteiger partial charge is 0.221 e. The zero-order valence-corrected chi connectivity index (χ0v) is 11.8. The molecule has 2 rings (SSSR count). The van der Waals surface area contributed by atoms with Crippen molar-refractivity contribution < 1.29 is 13.6 Å². The van der Waals surface area contributed by atoms with Gasteiger partial charge in [-0.05, 0) is 36.8 Å². The second-order valence-corrected chi connectivity index (χ2v) is 4.77. The van der Waals surface area contributed by atoms with Crippen LogP contribution in [0.1, 0.15) is 25.5 Å². The van der Waals surface area contributed by atoms with Crippen molar-refractivity contribution in [3.05, 3.63) is 59.7 Å². The summed E-state index contributed by atoms with van der Waals surface area (Å²) in [7, 11) is 0. The molecule has 0 saturated carbocycles. The minimum atomic E-state index is -0.901. The molecule has 2 N–H and O–H groups in total. The summed E-state index contributed by atoms with van der Waals surface area (Å²) in [6.07, 6.45) is 0. The summed E-state index contributed by atoms with van der Waals surface area (Å²) in [6, 6.07) is 10.9. The summed E-state index contributed by atoms with van der Waals surface area (Å²) in [6.45, 7) is 3.26. The Kier molecular flexibility index (Phi) is 4.52. The summed E-state index contributed by atoms with van der Waals surface area (Å²) in [5.74, 6) is -1.95. The maximum absolute atomic E-state index is 13.6. The second kappa shape index (κ2) is 6.35. The van der Waals surface area contributed by atoms with E-state index in [1.165, 1.54) is 19.1 Å². The lowest BCUT2D eigenvalue weighted by Gasteiger charge is -2.17. The van der Waals surface area contributed by atoms with Gasteiger partial charge < -0.3 is 10.6 Å². The Labute approximate surface area is 122 Å². The van der Waals surface area contributed by atoms with Gasteiger partial charge in [0.1, 0.15) is 0 Å². The second-order valence-electron chi connectivity index (χ2n) is 4.77. The average Bonchev–Trinajstić information content (AvgIpc) is 2.43. The van der Waals surface area contributed by atoms with Crippen molar-refractivity contribution in [2.24, 2.45) is 0 Å². The molecule has 0 heterocycles. The van der Waals surface area contributed by atoms with Gasteiger partial charge in [0.05, 0.1) is 5.69 Å². The third-order valence-electron chi connectivity index (χ3n) is 3.03. The van der Waals surface area contributed by atoms with Crippen molar-refractivity contribution in [2.75, 3.05) is 10.6 Å². The molecule has 1 atom stereocenters. The van der Waals surface area contributed by atoms with Gasteiger partial charge in [-0.2, -0.15) is 0 Å². The molecule has 3 nitrogen and oxygen atoms in total. The number of halogens is 2. The number of benzene rings is 2. The van der Waals surface area contributed by atoms with E-state index in [0.29, 0.717) is 5.69 Å². The third kappa shape index (κ3) is 3.78. The van der Waals surface area contributed by atoms with Gasteiger partial charge in [-0.1, -0.05) is 18.2 Å². The number of hydrogen-bond acceptors (Lipinski definition) is 2. The number of nitrogens with one attached hydrogen (secondary N) is 2. The summed E-state index contributed by atoms with van der Waals surface area (Å²) < 4.78 is 26.8. The highest BCUT2D eigenvalue weighted by molar-refractivity contribution is 5.88. The quantitative estimate of drug-likeness (QED) is 0.890. The number of hydrogen-bond donors (Lipinski definition) is 2. The molecule has 0 saturated heterocycles. The Morgan fingerprint density at radius 1 is 1.14 bits per heavy atom. The summed E-state index contributed by atoms with van der Waals surface area (Å²) >= 11 is 0. The van der Waals surface area contributed by atoms with Crippen LogP contribution in [0.3, 0.4) is 0 Å². The minimum absolute atomic E-state index is 0.104. The van der Waals surface area contributed by atoms with Crippen molar-refractivity contribution in [1.82, 2.24) is 0 Å². The number of carbonyl (C=O) groups excluding carboxylic acids is 1. The summed E-state index contributed by atoms with van der Waals surface area (Å²) in [5.41, 5.74) is 1.62. The molecule has 1 amide bonds. The third-order valence-corrected chi connectivity index (χ3v) is 3.03. The van der Waals surface area contributed by atoms with E-state index in [4.69, 9.17) is 0 Å². The van der Waals surface area contributed by atoms with Gasteiger partial charge in [0.25, 0.3) is 0 Å². The lowest BCUT2D eigenvalue weighted by Crippen LogP contribution is -2.10. The van der Waals surface area contributed by atoms with Crippen LogP contribution >= 0.6 is 0 Å². The molecule has 0 bridgehead atoms. The topological polar surface area (TPSA) is 41.1 Å². The highest BCUT2D eigenvalue weighted by atomic mass is 19.2. The normalized spacial score (nSPS) is 11.8. The molecule has 0 aromatic heterocycles. The van der Waals surface area contributed by atoms with E-state index in [0.717, 1.165) is 11.6 Å². The molecule has 0 aliphatic heterocycles. The lowest BCUT2D eigenvalue weighted by molar-refractivity contribution is -0.114. The fourth-order valence-electron chi connectivity index (χ4n) is 2.02. The van der Waals surface area contributed by atoms with Gasteiger partial charge in [0.2, 0.25) is 5.91 Å². The molecule has 0 aliphatic carbocycles. The predicted octanol–water partition coefficient (Wildman–Crippen LogP) is 4.10. The van der Waals surface area contributed by atoms with Crippen LogP contribution in [0.5, 0.6) is 0 Å². The monoisotopic (exact) mass is 290 g/mol. The van der Waals surface area contributed by atoms with Crippen LogP contribution in [0.2, 0.25) is 0 Å². The first-order valence-corrected chi connectivity index (χ1v) is 6.55. The number of amides is 1. The zero-order chi connectivity index (χ0) is 15.4. The molecule has 0 radical (unpaired) electrons. The number of anilines is 2. The Hall–Kier alpha value is -2.43. The first-order valence-electron chi connectivity index (χ1n) is 6.55. The fourth-order valence-corrected chi connectivity index (χ4v) is 2.02. The van der Waals surface area contributed by atoms with Gasteiger partial charge >= 0.3 is 0 Å². The SMILES string of the molecule is CC(=O)Nc1cccc(C(C)Nc2cccc(F)c2F)c1. The maximum Gasteiger partial charge on any atom is 0.221 e. The van der Waals surface area contributed by atoms with Gasteiger partial charge in [-0.3, -0.25) is 4.79 Å². The highest BCUT2D eigenvalue weighted by Gasteiger charge is 2.12. The standard InChI is InChI=1S/C16H16F2N2O/c1-10(19-15-8-4-7-14(17)16(15)18)12-5-3-6-13(9-12)20-11(2)21/h3-10,19H,1-2H3,(H,20,21). The summed E-state index contributed by atoms with van der Waals surface area (Å²) in [4.78, 5) is 11.0. The van der Waals surface area contributed by atoms with Crippen molar-refractivity contribution in [3.63, 3.8) is 0 Å². The molecular formula is C16H16F2N2O. The van der Waals surface area contributed by atoms with E-state index >= 15 is 0 Å². The predicted molar refractivity (Wildman–Crippen MR) is 79.1 cm³/mol. The molecule has 1 unspecified atom stereocenters. The Morgan fingerprint density at radius 3 is 2.57 bits per heavy atom. The van der Waals surface area contributed by atoms with Crippen LogP contribution in [0.25, 0.3) is 0 Å². The van der Waals surface area contributed by atoms with E-state index in [2.05, 4.69) is 10.6 Å². The molecule has 0 fully saturated rings. The molecule has 2 aromatic carbocycles. The van der Waals surface area contributed by atoms with Crippen LogP contribution in [0.15, 0.2) is 42.5 Å². The summed E-state index contributed by atoms with van der Waals surface area (Å²) in [5, 5.41) is 5.60. The Morgan fingerprint density at radius 2 is 1.86 bits per heavy atom. The lowest BCUT2D eigenvalue weighted by atomic mass is 10.1. The van der Waals surface area contributed by atoms with Gasteiger partial charge in [-0.15, -0.1) is 0 Å². The van der Waals surface area contributed by atoms with Crippen molar-refractivity contribution in [2.45, 2.75) is 19.9 Å². The highest BCUT2D eigenvalue weighted by Crippen LogP contribution is 2.24. The molecule has 0 spiro atoms. The maximum atomic E-state index is 13.6. The number of carbonyl (C=O) groups is 1. The zero-order valence-electron chi connectivity index (χ0n) is 11.8. The first kappa shape index (κ1) is 15.0. The van der Waals surface area contributed by atoms with Gasteiger partial charge in [-0.25, -0.2) is 8.78 Å². The molecule has 21 heavy (non-hydrogen) atoms. The van der Waals surface area contributed by atoms with Crippen molar-refractivity contribution in [3.8, 4) is 0 Å². The van der Waals surface area contributed by atoms with E-state index in [1.807, 2.05) is 13.0 Å². The van der Waals surface area contributed by atoms with E-state index < -0.39 is 11.6 Å². The molecule has 2 aromatic rings. The van der Waals surface area contributed by atoms with Gasteiger partial charge in [0.15, 0.2) is 11.6 Å². The van der Waals surface area contributed by atoms with Crippen molar-refractivity contribution >= 4 is 17.3 Å². The molecule has 5 heteroatoms. The Bertz CT molecular complexity index is 658. The van der Waals surface area contributed by atoms with E-state index in [9.17, 15) is 13.6 Å². The Balaban J connectivity index is 2.18. The minimum Gasteiger partial charge on any atom is -0.376 e. The molecule has 0 aliphatic rings. The van der Waals surface area contributed by atoms with E-state index in [-0.39, 0.29) is 17.6 Å². The van der Waals surface area contributed by atoms with Gasteiger partial charge in [0, 0.05) is 18.7 Å². The van der Waals surface area contributed by atoms with Crippen LogP contribution in [-0.4, -0.2) is 5.91 Å². The van der Waals surface area contributed by atoms with Crippen LogP contribution < -0.4 is 10.6 Å². The first-order chi connectivity index (χ1) is 9.97. The van der Waals surface area contributed by atoms with Crippen LogP contribution in [-0.2, 0) is 4.79 Å². The fraction of sp³-hybridized carbons (Fsp3) is 0.188. The number of rotatable bonds is 4. The molecule has 110 valence electrons. The molecular weight excluding hydrogens is 274 g/mol. The average molecular weight is 290 g/mol. The van der Waals surface area contributed by atoms with Crippen molar-refractivity contribution in [1.29, 1.82) is 0 Å². The van der Waals surface area contributed by atoms with Crippen LogP contribution in [0, 0.1) is 11.6 Å².